The number of amides is 2. The van der Waals surface area contributed by atoms with E-state index in [4.69, 9.17) is 4.42 Å². The molecule has 2 amide bonds. The van der Waals surface area contributed by atoms with Crippen LogP contribution in [0.2, 0.25) is 0 Å². The third-order valence-corrected chi connectivity index (χ3v) is 6.85. The van der Waals surface area contributed by atoms with Crippen molar-refractivity contribution in [1.29, 1.82) is 0 Å². The summed E-state index contributed by atoms with van der Waals surface area (Å²) < 4.78 is 5.67. The van der Waals surface area contributed by atoms with E-state index in [2.05, 4.69) is 20.7 Å². The van der Waals surface area contributed by atoms with Gasteiger partial charge in [0.25, 0.3) is 11.8 Å². The maximum absolute atomic E-state index is 13.9. The Balaban J connectivity index is 1.48. The number of hydrogen-bond donors (Lipinski definition) is 1. The average molecular weight is 527 g/mol. The monoisotopic (exact) mass is 526 g/mol. The SMILES string of the molecule is CC(=O)c1ccc(N(C(=O)Cn2nnc(-c3ccccc3)n2)[C@H](C(=O)NC2CCCCC2)c2ccco2)cc1. The lowest BCUT2D eigenvalue weighted by Gasteiger charge is -2.32. The Morgan fingerprint density at radius 1 is 1.00 bits per heavy atom. The van der Waals surface area contributed by atoms with E-state index in [0.29, 0.717) is 22.8 Å². The number of carbonyl (C=O) groups is 3. The van der Waals surface area contributed by atoms with Crippen LogP contribution in [-0.4, -0.2) is 43.8 Å². The Morgan fingerprint density at radius 3 is 2.41 bits per heavy atom. The van der Waals surface area contributed by atoms with E-state index in [1.165, 1.54) is 22.9 Å². The van der Waals surface area contributed by atoms with E-state index in [9.17, 15) is 14.4 Å². The first-order valence-electron chi connectivity index (χ1n) is 13.1. The first-order chi connectivity index (χ1) is 19.0. The Kier molecular flexibility index (Phi) is 7.91. The Hall–Kier alpha value is -4.60. The number of nitrogens with one attached hydrogen (secondary N) is 1. The molecular weight excluding hydrogens is 496 g/mol. The van der Waals surface area contributed by atoms with E-state index >= 15 is 0 Å². The van der Waals surface area contributed by atoms with Gasteiger partial charge in [-0.1, -0.05) is 49.6 Å². The minimum Gasteiger partial charge on any atom is -0.467 e. The van der Waals surface area contributed by atoms with Crippen molar-refractivity contribution in [1.82, 2.24) is 25.5 Å². The summed E-state index contributed by atoms with van der Waals surface area (Å²) in [5, 5.41) is 15.7. The number of furan rings is 1. The molecule has 0 spiro atoms. The van der Waals surface area contributed by atoms with Crippen LogP contribution in [0.5, 0.6) is 0 Å². The summed E-state index contributed by atoms with van der Waals surface area (Å²) in [5.74, 6) is -0.167. The smallest absolute Gasteiger partial charge is 0.251 e. The summed E-state index contributed by atoms with van der Waals surface area (Å²) in [5.41, 5.74) is 1.71. The number of nitrogens with zero attached hydrogens (tertiary/aromatic N) is 5. The van der Waals surface area contributed by atoms with Gasteiger partial charge in [0.15, 0.2) is 11.8 Å². The van der Waals surface area contributed by atoms with Crippen LogP contribution in [0.4, 0.5) is 5.69 Å². The van der Waals surface area contributed by atoms with Gasteiger partial charge < -0.3 is 9.73 Å². The lowest BCUT2D eigenvalue weighted by Crippen LogP contribution is -2.48. The molecular formula is C29H30N6O4. The lowest BCUT2D eigenvalue weighted by atomic mass is 9.95. The normalized spacial score (nSPS) is 14.5. The van der Waals surface area contributed by atoms with Gasteiger partial charge in [-0.15, -0.1) is 10.2 Å². The number of hydrogen-bond acceptors (Lipinski definition) is 7. The van der Waals surface area contributed by atoms with E-state index in [1.807, 2.05) is 30.3 Å². The third-order valence-electron chi connectivity index (χ3n) is 6.85. The number of tetrazole rings is 1. The zero-order valence-electron chi connectivity index (χ0n) is 21.7. The molecule has 1 saturated carbocycles. The van der Waals surface area contributed by atoms with Crippen LogP contribution in [0.15, 0.2) is 77.4 Å². The fraction of sp³-hybridized carbons (Fsp3) is 0.310. The Bertz CT molecular complexity index is 1410. The van der Waals surface area contributed by atoms with Crippen LogP contribution in [0.1, 0.15) is 61.2 Å². The van der Waals surface area contributed by atoms with Gasteiger partial charge in [-0.3, -0.25) is 19.3 Å². The number of benzene rings is 2. The molecule has 1 N–H and O–H groups in total. The highest BCUT2D eigenvalue weighted by atomic mass is 16.3. The van der Waals surface area contributed by atoms with Crippen LogP contribution in [-0.2, 0) is 16.1 Å². The summed E-state index contributed by atoms with van der Waals surface area (Å²) >= 11 is 0. The van der Waals surface area contributed by atoms with Crippen molar-refractivity contribution in [3.8, 4) is 11.4 Å². The molecule has 5 rings (SSSR count). The number of carbonyl (C=O) groups excluding carboxylic acids is 3. The maximum Gasteiger partial charge on any atom is 0.251 e. The largest absolute Gasteiger partial charge is 0.467 e. The molecule has 2 heterocycles. The topological polar surface area (TPSA) is 123 Å². The third kappa shape index (κ3) is 6.11. The fourth-order valence-corrected chi connectivity index (χ4v) is 4.85. The lowest BCUT2D eigenvalue weighted by molar-refractivity contribution is -0.128. The van der Waals surface area contributed by atoms with Crippen molar-refractivity contribution < 1.29 is 18.8 Å². The molecule has 10 nitrogen and oxygen atoms in total. The van der Waals surface area contributed by atoms with Crippen LogP contribution in [0.3, 0.4) is 0 Å². The molecule has 0 aliphatic heterocycles. The molecule has 0 bridgehead atoms. The molecule has 2 aromatic heterocycles. The molecule has 0 unspecified atom stereocenters. The second-order valence-corrected chi connectivity index (χ2v) is 9.64. The number of rotatable bonds is 9. The zero-order chi connectivity index (χ0) is 27.2. The minimum atomic E-state index is -1.07. The highest BCUT2D eigenvalue weighted by Gasteiger charge is 2.36. The fourth-order valence-electron chi connectivity index (χ4n) is 4.85. The molecule has 10 heteroatoms. The van der Waals surface area contributed by atoms with Gasteiger partial charge >= 0.3 is 0 Å². The minimum absolute atomic E-state index is 0.0335. The van der Waals surface area contributed by atoms with Crippen LogP contribution in [0, 0.1) is 0 Å². The van der Waals surface area contributed by atoms with Gasteiger partial charge in [-0.2, -0.15) is 4.80 Å². The summed E-state index contributed by atoms with van der Waals surface area (Å²) in [7, 11) is 0. The predicted octanol–water partition coefficient (Wildman–Crippen LogP) is 4.36. The van der Waals surface area contributed by atoms with Gasteiger partial charge in [0.2, 0.25) is 5.82 Å². The highest BCUT2D eigenvalue weighted by Crippen LogP contribution is 2.30. The number of aromatic nitrogens is 4. The molecule has 4 aromatic rings. The van der Waals surface area contributed by atoms with E-state index < -0.39 is 11.9 Å². The molecule has 0 radical (unpaired) electrons. The average Bonchev–Trinajstić information content (AvgIpc) is 3.65. The second kappa shape index (κ2) is 11.8. The summed E-state index contributed by atoms with van der Waals surface area (Å²) in [6, 6.07) is 18.2. The van der Waals surface area contributed by atoms with E-state index in [0.717, 1.165) is 37.7 Å². The van der Waals surface area contributed by atoms with Gasteiger partial charge in [0, 0.05) is 22.9 Å². The standard InChI is InChI=1S/C29H30N6O4/c1-20(36)21-14-16-24(17-15-21)35(26(37)19-34-32-28(31-33-34)22-9-4-2-5-10-22)27(25-13-8-18-39-25)29(38)30-23-11-6-3-7-12-23/h2,4-5,8-10,13-18,23,27H,3,6-7,11-12,19H2,1H3,(H,30,38)/t27-/m0/s1. The van der Waals surface area contributed by atoms with Crippen LogP contribution in [0.25, 0.3) is 11.4 Å². The Labute approximate surface area is 226 Å². The van der Waals surface area contributed by atoms with Crippen molar-refractivity contribution in [3.63, 3.8) is 0 Å². The number of anilines is 1. The molecule has 1 aliphatic rings. The van der Waals surface area contributed by atoms with Crippen molar-refractivity contribution >= 4 is 23.3 Å². The van der Waals surface area contributed by atoms with Crippen LogP contribution >= 0.6 is 0 Å². The van der Waals surface area contributed by atoms with E-state index in [1.54, 1.807) is 36.4 Å². The Morgan fingerprint density at radius 2 is 1.74 bits per heavy atom. The van der Waals surface area contributed by atoms with Gasteiger partial charge in [-0.25, -0.2) is 0 Å². The second-order valence-electron chi connectivity index (χ2n) is 9.64. The van der Waals surface area contributed by atoms with Gasteiger partial charge in [0.05, 0.1) is 6.26 Å². The molecule has 1 atom stereocenters. The molecule has 1 aliphatic carbocycles. The van der Waals surface area contributed by atoms with Crippen molar-refractivity contribution in [2.45, 2.75) is 57.7 Å². The zero-order valence-corrected chi connectivity index (χ0v) is 21.7. The van der Waals surface area contributed by atoms with Crippen molar-refractivity contribution in [2.24, 2.45) is 0 Å². The first kappa shape index (κ1) is 26.0. The van der Waals surface area contributed by atoms with Crippen molar-refractivity contribution in [2.75, 3.05) is 4.90 Å². The summed E-state index contributed by atoms with van der Waals surface area (Å²) in [6.07, 6.45) is 6.51. The molecule has 39 heavy (non-hydrogen) atoms. The highest BCUT2D eigenvalue weighted by molar-refractivity contribution is 6.01. The summed E-state index contributed by atoms with van der Waals surface area (Å²) in [4.78, 5) is 42.2. The molecule has 200 valence electrons. The molecule has 2 aromatic carbocycles. The summed E-state index contributed by atoms with van der Waals surface area (Å²) in [6.45, 7) is 1.21. The molecule has 1 fully saturated rings. The van der Waals surface area contributed by atoms with E-state index in [-0.39, 0.29) is 24.3 Å². The predicted molar refractivity (Wildman–Crippen MR) is 144 cm³/mol. The van der Waals surface area contributed by atoms with Crippen molar-refractivity contribution in [3.05, 3.63) is 84.3 Å². The maximum atomic E-state index is 13.9. The number of ketones is 1. The number of Topliss-reactive ketones (excluding diaryl/α,β-unsaturated/α-hetero) is 1. The first-order valence-corrected chi connectivity index (χ1v) is 13.1. The quantitative estimate of drug-likeness (QED) is 0.322. The van der Waals surface area contributed by atoms with Crippen LogP contribution < -0.4 is 10.2 Å². The van der Waals surface area contributed by atoms with Gasteiger partial charge in [0.1, 0.15) is 12.3 Å². The molecule has 0 saturated heterocycles. The van der Waals surface area contributed by atoms with Gasteiger partial charge in [-0.05, 0) is 61.4 Å².